The minimum Gasteiger partial charge on any atom is -0.451 e. The number of thiazole rings is 1. The Hall–Kier alpha value is -3.46. The molecule has 4 heterocycles. The van der Waals surface area contributed by atoms with Crippen molar-refractivity contribution in [2.24, 2.45) is 0 Å². The summed E-state index contributed by atoms with van der Waals surface area (Å²) in [4.78, 5) is 34.4. The second-order valence-electron chi connectivity index (χ2n) is 7.48. The number of carbonyl (C=O) groups excluding carboxylic acids is 2. The van der Waals surface area contributed by atoms with Gasteiger partial charge >= 0.3 is 0 Å². The summed E-state index contributed by atoms with van der Waals surface area (Å²) >= 11 is 1.42. The van der Waals surface area contributed by atoms with Crippen molar-refractivity contribution in [1.82, 2.24) is 20.2 Å². The van der Waals surface area contributed by atoms with Crippen LogP contribution in [0.5, 0.6) is 10.9 Å². The fourth-order valence-electron chi connectivity index (χ4n) is 3.74. The van der Waals surface area contributed by atoms with Crippen LogP contribution in [0.2, 0.25) is 0 Å². The Balaban J connectivity index is 1.30. The maximum atomic E-state index is 12.9. The van der Waals surface area contributed by atoms with Gasteiger partial charge in [-0.05, 0) is 43.2 Å². The first-order valence-corrected chi connectivity index (χ1v) is 10.9. The van der Waals surface area contributed by atoms with Crippen LogP contribution < -0.4 is 10.1 Å². The van der Waals surface area contributed by atoms with Crippen molar-refractivity contribution in [3.8, 4) is 10.9 Å². The Morgan fingerprint density at radius 2 is 2.06 bits per heavy atom. The summed E-state index contributed by atoms with van der Waals surface area (Å²) in [5, 5.41) is 4.24. The standard InChI is InChI=1S/C22H20N4O4S/c1-13(27)24-15-6-9-26(10-7-15)21(28)18-11-14-4-5-16(12-17(14)30-18)29-22-25-20-19(31-22)3-2-8-23-20/h2-5,8,11-12,15H,6-7,9-10H2,1H3,(H,24,27). The summed E-state index contributed by atoms with van der Waals surface area (Å²) in [5.74, 6) is 0.699. The van der Waals surface area contributed by atoms with Crippen LogP contribution in [0.25, 0.3) is 21.3 Å². The van der Waals surface area contributed by atoms with Gasteiger partial charge in [-0.25, -0.2) is 4.98 Å². The number of aromatic nitrogens is 2. The zero-order valence-corrected chi connectivity index (χ0v) is 17.6. The molecule has 0 aliphatic carbocycles. The van der Waals surface area contributed by atoms with Crippen molar-refractivity contribution in [3.05, 3.63) is 48.4 Å². The Morgan fingerprint density at radius 3 is 2.84 bits per heavy atom. The number of piperidine rings is 1. The number of nitrogens with one attached hydrogen (secondary N) is 1. The normalized spacial score (nSPS) is 14.8. The molecule has 1 fully saturated rings. The van der Waals surface area contributed by atoms with Gasteiger partial charge < -0.3 is 19.4 Å². The van der Waals surface area contributed by atoms with Crippen molar-refractivity contribution >= 4 is 44.5 Å². The van der Waals surface area contributed by atoms with Crippen LogP contribution in [-0.2, 0) is 4.79 Å². The number of amides is 2. The zero-order valence-electron chi connectivity index (χ0n) is 16.8. The summed E-state index contributed by atoms with van der Waals surface area (Å²) in [7, 11) is 0. The minimum absolute atomic E-state index is 0.0396. The van der Waals surface area contributed by atoms with E-state index in [1.807, 2.05) is 24.3 Å². The molecule has 0 bridgehead atoms. The van der Waals surface area contributed by atoms with Gasteiger partial charge in [0.2, 0.25) is 5.91 Å². The number of pyridine rings is 1. The van der Waals surface area contributed by atoms with Gasteiger partial charge in [-0.3, -0.25) is 9.59 Å². The summed E-state index contributed by atoms with van der Waals surface area (Å²) < 4.78 is 12.7. The van der Waals surface area contributed by atoms with Gasteiger partial charge in [0, 0.05) is 43.7 Å². The van der Waals surface area contributed by atoms with E-state index in [1.54, 1.807) is 23.2 Å². The molecule has 0 atom stereocenters. The molecular weight excluding hydrogens is 416 g/mol. The molecular formula is C22H20N4O4S. The lowest BCUT2D eigenvalue weighted by Gasteiger charge is -2.31. The van der Waals surface area contributed by atoms with E-state index < -0.39 is 0 Å². The van der Waals surface area contributed by atoms with Crippen LogP contribution in [-0.4, -0.2) is 45.8 Å². The first-order valence-electron chi connectivity index (χ1n) is 10.0. The van der Waals surface area contributed by atoms with Crippen molar-refractivity contribution in [1.29, 1.82) is 0 Å². The second kappa shape index (κ2) is 7.99. The predicted octanol–water partition coefficient (Wildman–Crippen LogP) is 3.97. The highest BCUT2D eigenvalue weighted by molar-refractivity contribution is 7.20. The molecule has 4 aromatic rings. The van der Waals surface area contributed by atoms with Gasteiger partial charge in [-0.15, -0.1) is 0 Å². The molecule has 31 heavy (non-hydrogen) atoms. The monoisotopic (exact) mass is 436 g/mol. The lowest BCUT2D eigenvalue weighted by atomic mass is 10.0. The van der Waals surface area contributed by atoms with Gasteiger partial charge in [-0.2, -0.15) is 4.98 Å². The van der Waals surface area contributed by atoms with E-state index in [-0.39, 0.29) is 17.9 Å². The highest BCUT2D eigenvalue weighted by Crippen LogP contribution is 2.32. The number of fused-ring (bicyclic) bond motifs is 2. The number of furan rings is 1. The predicted molar refractivity (Wildman–Crippen MR) is 116 cm³/mol. The maximum Gasteiger partial charge on any atom is 0.289 e. The van der Waals surface area contributed by atoms with Crippen molar-refractivity contribution in [3.63, 3.8) is 0 Å². The highest BCUT2D eigenvalue weighted by Gasteiger charge is 2.26. The molecule has 0 unspecified atom stereocenters. The van der Waals surface area contributed by atoms with E-state index >= 15 is 0 Å². The first kappa shape index (κ1) is 19.5. The first-order chi connectivity index (χ1) is 15.0. The molecule has 9 heteroatoms. The molecule has 1 aromatic carbocycles. The largest absolute Gasteiger partial charge is 0.451 e. The van der Waals surface area contributed by atoms with Gasteiger partial charge in [0.1, 0.15) is 11.3 Å². The zero-order chi connectivity index (χ0) is 21.4. The molecule has 1 N–H and O–H groups in total. The molecule has 1 aliphatic heterocycles. The Bertz CT molecular complexity index is 1240. The number of ether oxygens (including phenoxy) is 1. The average Bonchev–Trinajstić information content (AvgIpc) is 3.36. The molecule has 1 saturated heterocycles. The molecule has 158 valence electrons. The Kier molecular flexibility index (Phi) is 5.03. The Morgan fingerprint density at radius 1 is 1.23 bits per heavy atom. The quantitative estimate of drug-likeness (QED) is 0.520. The van der Waals surface area contributed by atoms with Crippen molar-refractivity contribution in [2.75, 3.05) is 13.1 Å². The number of hydrogen-bond donors (Lipinski definition) is 1. The van der Waals surface area contributed by atoms with Crippen LogP contribution in [0, 0.1) is 0 Å². The average molecular weight is 436 g/mol. The van der Waals surface area contributed by atoms with Gasteiger partial charge in [0.15, 0.2) is 11.4 Å². The fourth-order valence-corrected chi connectivity index (χ4v) is 4.54. The van der Waals surface area contributed by atoms with Crippen LogP contribution in [0.3, 0.4) is 0 Å². The number of carbonyl (C=O) groups is 2. The molecule has 0 spiro atoms. The van der Waals surface area contributed by atoms with Gasteiger partial charge in [-0.1, -0.05) is 11.3 Å². The SMILES string of the molecule is CC(=O)NC1CCN(C(=O)c2cc3ccc(Oc4nc5ncccc5s4)cc3o2)CC1. The van der Waals surface area contributed by atoms with Gasteiger partial charge in [0.25, 0.3) is 11.1 Å². The number of benzene rings is 1. The lowest BCUT2D eigenvalue weighted by Crippen LogP contribution is -2.46. The number of hydrogen-bond acceptors (Lipinski definition) is 7. The van der Waals surface area contributed by atoms with Crippen LogP contribution >= 0.6 is 11.3 Å². The molecule has 5 rings (SSSR count). The van der Waals surface area contributed by atoms with E-state index in [0.717, 1.165) is 22.9 Å². The molecule has 0 radical (unpaired) electrons. The molecule has 2 amide bonds. The summed E-state index contributed by atoms with van der Waals surface area (Å²) in [5.41, 5.74) is 1.23. The third kappa shape index (κ3) is 4.09. The van der Waals surface area contributed by atoms with E-state index in [0.29, 0.717) is 41.0 Å². The third-order valence-electron chi connectivity index (χ3n) is 5.24. The smallest absolute Gasteiger partial charge is 0.289 e. The van der Waals surface area contributed by atoms with E-state index in [2.05, 4.69) is 15.3 Å². The second-order valence-corrected chi connectivity index (χ2v) is 8.48. The van der Waals surface area contributed by atoms with Crippen molar-refractivity contribution < 1.29 is 18.7 Å². The number of likely N-dealkylation sites (tertiary alicyclic amines) is 1. The summed E-state index contributed by atoms with van der Waals surface area (Å²) in [6.07, 6.45) is 3.17. The fraction of sp³-hybridized carbons (Fsp3) is 0.273. The van der Waals surface area contributed by atoms with Crippen LogP contribution in [0.15, 0.2) is 47.0 Å². The number of rotatable bonds is 4. The summed E-state index contributed by atoms with van der Waals surface area (Å²) in [6, 6.07) is 11.1. The molecule has 1 aliphatic rings. The summed E-state index contributed by atoms with van der Waals surface area (Å²) in [6.45, 7) is 2.68. The van der Waals surface area contributed by atoms with E-state index in [1.165, 1.54) is 18.3 Å². The van der Waals surface area contributed by atoms with E-state index in [4.69, 9.17) is 9.15 Å². The molecule has 0 saturated carbocycles. The molecule has 3 aromatic heterocycles. The number of nitrogens with zero attached hydrogens (tertiary/aromatic N) is 3. The highest BCUT2D eigenvalue weighted by atomic mass is 32.1. The van der Waals surface area contributed by atoms with E-state index in [9.17, 15) is 9.59 Å². The Labute approximate surface area is 181 Å². The van der Waals surface area contributed by atoms with Crippen LogP contribution in [0.1, 0.15) is 30.3 Å². The topological polar surface area (TPSA) is 97.6 Å². The van der Waals surface area contributed by atoms with Gasteiger partial charge in [0.05, 0.1) is 4.70 Å². The minimum atomic E-state index is -0.141. The maximum absolute atomic E-state index is 12.9. The molecule has 8 nitrogen and oxygen atoms in total. The van der Waals surface area contributed by atoms with Crippen molar-refractivity contribution in [2.45, 2.75) is 25.8 Å². The lowest BCUT2D eigenvalue weighted by molar-refractivity contribution is -0.119. The van der Waals surface area contributed by atoms with Crippen LogP contribution in [0.4, 0.5) is 0 Å². The third-order valence-corrected chi connectivity index (χ3v) is 6.13.